The van der Waals surface area contributed by atoms with E-state index in [1.165, 1.54) is 18.5 Å². The van der Waals surface area contributed by atoms with Crippen molar-refractivity contribution in [3.8, 4) is 0 Å². The van der Waals surface area contributed by atoms with Gasteiger partial charge in [0.25, 0.3) is 0 Å². The van der Waals surface area contributed by atoms with Crippen molar-refractivity contribution in [3.05, 3.63) is 48.4 Å². The second-order valence-electron chi connectivity index (χ2n) is 6.28. The van der Waals surface area contributed by atoms with Crippen LogP contribution in [0.25, 0.3) is 0 Å². The van der Waals surface area contributed by atoms with Gasteiger partial charge in [0.2, 0.25) is 0 Å². The van der Waals surface area contributed by atoms with E-state index in [1.807, 2.05) is 0 Å². The third-order valence-corrected chi connectivity index (χ3v) is 4.51. The van der Waals surface area contributed by atoms with Crippen molar-refractivity contribution >= 4 is 6.72 Å². The lowest BCUT2D eigenvalue weighted by Crippen LogP contribution is -2.41. The summed E-state index contributed by atoms with van der Waals surface area (Å²) in [6.07, 6.45) is 6.90. The Balaban J connectivity index is 0.000000383. The highest BCUT2D eigenvalue weighted by Gasteiger charge is 2.34. The van der Waals surface area contributed by atoms with Crippen molar-refractivity contribution in [1.82, 2.24) is 4.90 Å². The number of piperidine rings is 1. The molecule has 21 heavy (non-hydrogen) atoms. The maximum atomic E-state index is 4.15. The van der Waals surface area contributed by atoms with E-state index in [4.69, 9.17) is 0 Å². The van der Waals surface area contributed by atoms with Gasteiger partial charge in [-0.1, -0.05) is 40.5 Å². The van der Waals surface area contributed by atoms with Crippen LogP contribution in [0.4, 0.5) is 0 Å². The molecule has 1 saturated heterocycles. The Labute approximate surface area is 130 Å². The fourth-order valence-corrected chi connectivity index (χ4v) is 2.63. The van der Waals surface area contributed by atoms with Gasteiger partial charge >= 0.3 is 0 Å². The molecule has 2 heteroatoms. The molecule has 1 atom stereocenters. The molecular formula is C19H30N2. The molecule has 0 aliphatic carbocycles. The van der Waals surface area contributed by atoms with Gasteiger partial charge in [0.05, 0.1) is 0 Å². The minimum atomic E-state index is 0.416. The standard InChI is InChI=1S/C15H21N.C4H9N/c1-6-15(5)8-7-14-9-11(2)12(3)13(4)16(14)10-15;1-3-4-5-2/h9H,2-4,6-8,10H2,1,5H3;2-4H2,1H3. The van der Waals surface area contributed by atoms with Crippen LogP contribution in [-0.4, -0.2) is 24.7 Å². The zero-order chi connectivity index (χ0) is 16.0. The predicted molar refractivity (Wildman–Crippen MR) is 94.5 cm³/mol. The van der Waals surface area contributed by atoms with Gasteiger partial charge in [-0.25, -0.2) is 0 Å². The van der Waals surface area contributed by atoms with Crippen LogP contribution in [0.5, 0.6) is 0 Å². The topological polar surface area (TPSA) is 15.6 Å². The first-order valence-electron chi connectivity index (χ1n) is 7.86. The molecule has 0 bridgehead atoms. The summed E-state index contributed by atoms with van der Waals surface area (Å²) in [5, 5.41) is 0. The van der Waals surface area contributed by atoms with Crippen LogP contribution in [0.15, 0.2) is 53.3 Å². The van der Waals surface area contributed by atoms with Crippen molar-refractivity contribution < 1.29 is 0 Å². The molecule has 0 aromatic heterocycles. The van der Waals surface area contributed by atoms with Gasteiger partial charge in [-0.05, 0) is 55.0 Å². The Morgan fingerprint density at radius 2 is 1.95 bits per heavy atom. The summed E-state index contributed by atoms with van der Waals surface area (Å²) in [6.45, 7) is 24.2. The van der Waals surface area contributed by atoms with Gasteiger partial charge in [-0.3, -0.25) is 0 Å². The summed E-state index contributed by atoms with van der Waals surface area (Å²) in [4.78, 5) is 5.94. The van der Waals surface area contributed by atoms with E-state index < -0.39 is 0 Å². The Morgan fingerprint density at radius 3 is 2.43 bits per heavy atom. The first-order valence-corrected chi connectivity index (χ1v) is 7.86. The average molecular weight is 286 g/mol. The molecule has 1 fully saturated rings. The fourth-order valence-electron chi connectivity index (χ4n) is 2.63. The summed E-state index contributed by atoms with van der Waals surface area (Å²) < 4.78 is 0. The monoisotopic (exact) mass is 286 g/mol. The minimum absolute atomic E-state index is 0.416. The Hall–Kier alpha value is -1.57. The Bertz CT molecular complexity index is 470. The van der Waals surface area contributed by atoms with Crippen LogP contribution in [0.2, 0.25) is 0 Å². The van der Waals surface area contributed by atoms with E-state index in [2.05, 4.69) is 63.2 Å². The molecule has 0 radical (unpaired) electrons. The van der Waals surface area contributed by atoms with Crippen molar-refractivity contribution in [1.29, 1.82) is 0 Å². The van der Waals surface area contributed by atoms with Gasteiger partial charge < -0.3 is 9.89 Å². The minimum Gasteiger partial charge on any atom is -0.345 e. The van der Waals surface area contributed by atoms with E-state index in [0.717, 1.165) is 42.8 Å². The molecular weight excluding hydrogens is 256 g/mol. The summed E-state index contributed by atoms with van der Waals surface area (Å²) in [7, 11) is 0. The second kappa shape index (κ2) is 7.44. The highest BCUT2D eigenvalue weighted by molar-refractivity contribution is 5.53. The molecule has 0 saturated carbocycles. The summed E-state index contributed by atoms with van der Waals surface area (Å²) in [5.41, 5.74) is 4.84. The van der Waals surface area contributed by atoms with Crippen LogP contribution in [0.1, 0.15) is 46.5 Å². The van der Waals surface area contributed by atoms with Crippen LogP contribution < -0.4 is 0 Å². The van der Waals surface area contributed by atoms with E-state index in [1.54, 1.807) is 0 Å². The number of nitrogens with zero attached hydrogens (tertiary/aromatic N) is 2. The molecule has 116 valence electrons. The maximum Gasteiger partial charge on any atom is 0.0408 e. The van der Waals surface area contributed by atoms with Gasteiger partial charge in [-0.2, -0.15) is 0 Å². The first-order chi connectivity index (χ1) is 9.88. The molecule has 1 unspecified atom stereocenters. The first kappa shape index (κ1) is 17.5. The molecule has 2 aliphatic rings. The molecule has 2 heterocycles. The largest absolute Gasteiger partial charge is 0.345 e. The normalized spacial score (nSPS) is 24.8. The van der Waals surface area contributed by atoms with E-state index >= 15 is 0 Å². The van der Waals surface area contributed by atoms with Crippen molar-refractivity contribution in [2.24, 2.45) is 10.4 Å². The molecule has 0 aromatic rings. The lowest BCUT2D eigenvalue weighted by molar-refractivity contribution is 0.163. The lowest BCUT2D eigenvalue weighted by Gasteiger charge is -2.46. The number of rotatable bonds is 3. The van der Waals surface area contributed by atoms with E-state index in [-0.39, 0.29) is 0 Å². The third-order valence-electron chi connectivity index (χ3n) is 4.51. The predicted octanol–water partition coefficient (Wildman–Crippen LogP) is 5.12. The maximum absolute atomic E-state index is 4.15. The van der Waals surface area contributed by atoms with E-state index in [0.29, 0.717) is 5.41 Å². The van der Waals surface area contributed by atoms with Crippen LogP contribution in [-0.2, 0) is 0 Å². The second-order valence-corrected chi connectivity index (χ2v) is 6.28. The number of fused-ring (bicyclic) bond motifs is 1. The SMILES string of the molecule is C=C1C=C2CCC(C)(CC)CN2C(=C)C1=C.C=NCCC. The number of hydrogen-bond acceptors (Lipinski definition) is 2. The average Bonchev–Trinajstić information content (AvgIpc) is 2.48. The van der Waals surface area contributed by atoms with Crippen LogP contribution in [0, 0.1) is 5.41 Å². The molecule has 2 rings (SSSR count). The van der Waals surface area contributed by atoms with Crippen LogP contribution in [0.3, 0.4) is 0 Å². The van der Waals surface area contributed by atoms with Crippen molar-refractivity contribution in [2.45, 2.75) is 46.5 Å². The Kier molecular flexibility index (Phi) is 6.19. The fraction of sp³-hybridized carbons (Fsp3) is 0.526. The smallest absolute Gasteiger partial charge is 0.0408 e. The highest BCUT2D eigenvalue weighted by Crippen LogP contribution is 2.42. The molecule has 0 N–H and O–H groups in total. The molecule has 2 aliphatic heterocycles. The van der Waals surface area contributed by atoms with Gasteiger partial charge in [-0.15, -0.1) is 0 Å². The van der Waals surface area contributed by atoms with Crippen molar-refractivity contribution in [2.75, 3.05) is 13.1 Å². The zero-order valence-electron chi connectivity index (χ0n) is 14.0. The van der Waals surface area contributed by atoms with Gasteiger partial charge in [0, 0.05) is 24.5 Å². The lowest BCUT2D eigenvalue weighted by atomic mass is 9.77. The molecule has 2 nitrogen and oxygen atoms in total. The molecule has 0 amide bonds. The number of aliphatic imine (C=N–C) groups is 1. The number of hydrogen-bond donors (Lipinski definition) is 0. The summed E-state index contributed by atoms with van der Waals surface area (Å²) in [6, 6.07) is 0. The molecule has 0 spiro atoms. The van der Waals surface area contributed by atoms with Gasteiger partial charge in [0.1, 0.15) is 0 Å². The van der Waals surface area contributed by atoms with Crippen molar-refractivity contribution in [3.63, 3.8) is 0 Å². The summed E-state index contributed by atoms with van der Waals surface area (Å²) in [5.74, 6) is 0. The quantitative estimate of drug-likeness (QED) is 0.657. The van der Waals surface area contributed by atoms with Crippen LogP contribution >= 0.6 is 0 Å². The third kappa shape index (κ3) is 4.20. The van der Waals surface area contributed by atoms with Gasteiger partial charge in [0.15, 0.2) is 0 Å². The van der Waals surface area contributed by atoms with E-state index in [9.17, 15) is 0 Å². The Morgan fingerprint density at radius 1 is 1.29 bits per heavy atom. The highest BCUT2D eigenvalue weighted by atomic mass is 15.2. The summed E-state index contributed by atoms with van der Waals surface area (Å²) >= 11 is 0. The number of allylic oxidation sites excluding steroid dienone is 3. The zero-order valence-corrected chi connectivity index (χ0v) is 14.0. The molecule has 0 aromatic carbocycles.